The third-order valence-electron chi connectivity index (χ3n) is 6.69. The summed E-state index contributed by atoms with van der Waals surface area (Å²) in [6.45, 7) is 1.70. The van der Waals surface area contributed by atoms with Gasteiger partial charge in [-0.3, -0.25) is 9.20 Å². The van der Waals surface area contributed by atoms with E-state index in [0.29, 0.717) is 55.1 Å². The van der Waals surface area contributed by atoms with E-state index in [1.165, 1.54) is 17.4 Å². The molecule has 11 heteroatoms. The summed E-state index contributed by atoms with van der Waals surface area (Å²) in [5.41, 5.74) is 0.733. The third-order valence-corrected chi connectivity index (χ3v) is 7.46. The Balaban J connectivity index is 1.28. The first-order valence-corrected chi connectivity index (χ1v) is 12.2. The number of aromatic nitrogens is 4. The molecule has 1 amide bonds. The van der Waals surface area contributed by atoms with Crippen molar-refractivity contribution in [2.75, 3.05) is 19.7 Å². The maximum Gasteiger partial charge on any atom is 0.416 e. The fourth-order valence-electron chi connectivity index (χ4n) is 5.01. The molecule has 1 aromatic carbocycles. The molecule has 7 nitrogen and oxygen atoms in total. The molecule has 2 aliphatic heterocycles. The lowest BCUT2D eigenvalue weighted by atomic mass is 10.0. The molecule has 2 aliphatic rings. The zero-order valence-corrected chi connectivity index (χ0v) is 19.0. The van der Waals surface area contributed by atoms with Gasteiger partial charge in [0.15, 0.2) is 4.96 Å². The van der Waals surface area contributed by atoms with Crippen molar-refractivity contribution in [3.63, 3.8) is 0 Å². The van der Waals surface area contributed by atoms with E-state index in [1.54, 1.807) is 11.1 Å². The molecule has 0 aliphatic carbocycles. The zero-order valence-electron chi connectivity index (χ0n) is 18.2. The van der Waals surface area contributed by atoms with Crippen LogP contribution in [-0.4, -0.2) is 49.4 Å². The second kappa shape index (κ2) is 8.09. The van der Waals surface area contributed by atoms with Gasteiger partial charge >= 0.3 is 6.18 Å². The van der Waals surface area contributed by atoms with E-state index in [2.05, 4.69) is 14.5 Å². The summed E-state index contributed by atoms with van der Waals surface area (Å²) in [5.74, 6) is 0.588. The molecule has 5 heterocycles. The van der Waals surface area contributed by atoms with Crippen LogP contribution < -0.4 is 0 Å². The number of likely N-dealkylation sites (tertiary alicyclic amines) is 1. The number of hydrogen-bond acceptors (Lipinski definition) is 5. The van der Waals surface area contributed by atoms with Gasteiger partial charge in [0.25, 0.3) is 5.91 Å². The van der Waals surface area contributed by atoms with Crippen molar-refractivity contribution in [1.82, 2.24) is 23.8 Å². The van der Waals surface area contributed by atoms with Crippen molar-refractivity contribution < 1.29 is 22.7 Å². The highest BCUT2D eigenvalue weighted by Gasteiger charge is 2.34. The summed E-state index contributed by atoms with van der Waals surface area (Å²) < 4.78 is 49.6. The minimum Gasteiger partial charge on any atom is -0.370 e. The van der Waals surface area contributed by atoms with Gasteiger partial charge in [-0.05, 0) is 43.9 Å². The molecule has 1 atom stereocenters. The summed E-state index contributed by atoms with van der Waals surface area (Å²) in [6.07, 6.45) is 2.03. The number of ether oxygens (including phenoxy) is 1. The number of alkyl halides is 3. The van der Waals surface area contributed by atoms with Crippen LogP contribution in [0.1, 0.15) is 59.7 Å². The molecule has 1 unspecified atom stereocenters. The number of fused-ring (bicyclic) bond motifs is 2. The largest absolute Gasteiger partial charge is 0.416 e. The molecule has 0 radical (unpaired) electrons. The Kier molecular flexibility index (Phi) is 5.14. The van der Waals surface area contributed by atoms with E-state index in [1.807, 2.05) is 16.0 Å². The zero-order chi connectivity index (χ0) is 23.4. The fourth-order valence-corrected chi connectivity index (χ4v) is 5.71. The fraction of sp³-hybridized carbons (Fsp3) is 0.435. The summed E-state index contributed by atoms with van der Waals surface area (Å²) in [6, 6.07) is 3.77. The Morgan fingerprint density at radius 3 is 2.68 bits per heavy atom. The number of carbonyl (C=O) groups excluding carboxylic acids is 1. The summed E-state index contributed by atoms with van der Waals surface area (Å²) >= 11 is 1.48. The molecule has 0 N–H and O–H groups in total. The van der Waals surface area contributed by atoms with Crippen molar-refractivity contribution in [3.8, 4) is 0 Å². The van der Waals surface area contributed by atoms with Gasteiger partial charge in [-0.1, -0.05) is 0 Å². The van der Waals surface area contributed by atoms with Gasteiger partial charge in [-0.15, -0.1) is 11.3 Å². The Hall–Kier alpha value is -2.92. The predicted molar refractivity (Wildman–Crippen MR) is 120 cm³/mol. The van der Waals surface area contributed by atoms with Crippen molar-refractivity contribution in [2.45, 2.75) is 44.0 Å². The number of thiazole rings is 1. The molecular weight excluding hydrogens is 467 g/mol. The average molecular weight is 490 g/mol. The van der Waals surface area contributed by atoms with Gasteiger partial charge in [-0.2, -0.15) is 13.2 Å². The number of piperidine rings is 1. The van der Waals surface area contributed by atoms with Gasteiger partial charge in [0.1, 0.15) is 17.6 Å². The number of nitrogens with zero attached hydrogens (tertiary/aromatic N) is 5. The van der Waals surface area contributed by atoms with Crippen LogP contribution in [0.2, 0.25) is 0 Å². The number of rotatable bonds is 3. The summed E-state index contributed by atoms with van der Waals surface area (Å²) in [5, 5.41) is 1.92. The Morgan fingerprint density at radius 2 is 1.97 bits per heavy atom. The van der Waals surface area contributed by atoms with E-state index >= 15 is 0 Å². The van der Waals surface area contributed by atoms with Crippen LogP contribution in [0.25, 0.3) is 16.0 Å². The third kappa shape index (κ3) is 3.67. The number of imidazole rings is 2. The molecule has 0 spiro atoms. The molecule has 6 rings (SSSR count). The lowest BCUT2D eigenvalue weighted by Gasteiger charge is -2.33. The van der Waals surface area contributed by atoms with Crippen LogP contribution >= 0.6 is 11.3 Å². The topological polar surface area (TPSA) is 64.7 Å². The molecule has 2 saturated heterocycles. The summed E-state index contributed by atoms with van der Waals surface area (Å²) in [4.78, 5) is 24.6. The van der Waals surface area contributed by atoms with Gasteiger partial charge in [-0.25, -0.2) is 9.97 Å². The van der Waals surface area contributed by atoms with Crippen LogP contribution in [0.3, 0.4) is 0 Å². The van der Waals surface area contributed by atoms with Gasteiger partial charge < -0.3 is 14.2 Å². The molecule has 2 fully saturated rings. The first-order chi connectivity index (χ1) is 16.4. The highest BCUT2D eigenvalue weighted by atomic mass is 32.1. The number of halogens is 3. The molecular formula is C23H22F3N5O2S. The van der Waals surface area contributed by atoms with E-state index in [9.17, 15) is 18.0 Å². The minimum absolute atomic E-state index is 0.0236. The molecule has 34 heavy (non-hydrogen) atoms. The summed E-state index contributed by atoms with van der Waals surface area (Å²) in [7, 11) is 0. The van der Waals surface area contributed by atoms with Crippen molar-refractivity contribution in [3.05, 3.63) is 53.1 Å². The second-order valence-corrected chi connectivity index (χ2v) is 9.66. The quantitative estimate of drug-likeness (QED) is 0.402. The minimum atomic E-state index is -4.42. The lowest BCUT2D eigenvalue weighted by Crippen LogP contribution is -2.39. The van der Waals surface area contributed by atoms with E-state index in [-0.39, 0.29) is 18.1 Å². The smallest absolute Gasteiger partial charge is 0.370 e. The maximum absolute atomic E-state index is 13.3. The number of carbonyl (C=O) groups is 1. The maximum atomic E-state index is 13.3. The van der Waals surface area contributed by atoms with Crippen molar-refractivity contribution in [2.24, 2.45) is 0 Å². The number of benzene rings is 1. The van der Waals surface area contributed by atoms with E-state index in [0.717, 1.165) is 29.9 Å². The van der Waals surface area contributed by atoms with E-state index in [4.69, 9.17) is 4.74 Å². The Morgan fingerprint density at radius 1 is 1.15 bits per heavy atom. The van der Waals surface area contributed by atoms with Crippen molar-refractivity contribution in [1.29, 1.82) is 0 Å². The molecule has 4 aromatic rings. The number of hydrogen-bond donors (Lipinski definition) is 0. The highest BCUT2D eigenvalue weighted by Crippen LogP contribution is 2.38. The van der Waals surface area contributed by atoms with E-state index < -0.39 is 11.7 Å². The standard InChI is InChI=1S/C23H22F3N5O2S/c24-23(25,26)14-3-4-18-16(12-14)27-20(19-2-1-10-33-19)31(18)15-5-7-29(8-6-15)21(32)17-13-30-9-11-34-22(30)28-17/h3-4,9,11-13,15,19H,1-2,5-8,10H2. The lowest BCUT2D eigenvalue weighted by molar-refractivity contribution is -0.137. The first-order valence-electron chi connectivity index (χ1n) is 11.3. The number of amides is 1. The van der Waals surface area contributed by atoms with Crippen LogP contribution in [0.4, 0.5) is 13.2 Å². The monoisotopic (exact) mass is 489 g/mol. The molecule has 3 aromatic heterocycles. The van der Waals surface area contributed by atoms with Crippen LogP contribution in [-0.2, 0) is 10.9 Å². The van der Waals surface area contributed by atoms with Crippen molar-refractivity contribution >= 4 is 33.2 Å². The Bertz CT molecular complexity index is 1330. The Labute approximate surface area is 196 Å². The highest BCUT2D eigenvalue weighted by molar-refractivity contribution is 7.15. The molecule has 178 valence electrons. The molecule has 0 bridgehead atoms. The van der Waals surface area contributed by atoms with Gasteiger partial charge in [0.05, 0.1) is 16.6 Å². The van der Waals surface area contributed by atoms with Crippen LogP contribution in [0.15, 0.2) is 36.0 Å². The SMILES string of the molecule is O=C(c1cn2ccsc2n1)N1CCC(n2c(C3CCCO3)nc3cc(C(F)(F)F)ccc32)CC1. The van der Waals surface area contributed by atoms with Crippen LogP contribution in [0, 0.1) is 0 Å². The normalized spacial score (nSPS) is 20.1. The first kappa shape index (κ1) is 21.6. The van der Waals surface area contributed by atoms with Crippen LogP contribution in [0.5, 0.6) is 0 Å². The average Bonchev–Trinajstić information content (AvgIpc) is 3.60. The van der Waals surface area contributed by atoms with Gasteiger partial charge in [0.2, 0.25) is 0 Å². The van der Waals surface area contributed by atoms with Gasteiger partial charge in [0, 0.05) is 43.5 Å². The predicted octanol–water partition coefficient (Wildman–Crippen LogP) is 5.09. The molecule has 0 saturated carbocycles. The second-order valence-electron chi connectivity index (χ2n) is 8.79.